The quantitative estimate of drug-likeness (QED) is 0.853. The highest BCUT2D eigenvalue weighted by Crippen LogP contribution is 2.06. The van der Waals surface area contributed by atoms with Crippen molar-refractivity contribution >= 4 is 0 Å². The van der Waals surface area contributed by atoms with Crippen LogP contribution in [-0.4, -0.2) is 9.55 Å². The van der Waals surface area contributed by atoms with E-state index in [1.165, 1.54) is 16.8 Å². The maximum Gasteiger partial charge on any atom is 0.0362 e. The molecule has 0 unspecified atom stereocenters. The second-order valence-corrected chi connectivity index (χ2v) is 4.19. The largest absolute Gasteiger partial charge is 0.351 e. The normalized spacial score (nSPS) is 10.7. The Balaban J connectivity index is 1.90. The summed E-state index contributed by atoms with van der Waals surface area (Å²) in [6, 6.07) is 6.33. The summed E-state index contributed by atoms with van der Waals surface area (Å²) in [7, 11) is 0. The van der Waals surface area contributed by atoms with Gasteiger partial charge in [-0.3, -0.25) is 4.98 Å². The Morgan fingerprint density at radius 2 is 2.18 bits per heavy atom. The van der Waals surface area contributed by atoms with Gasteiger partial charge in [-0.25, -0.2) is 0 Å². The Labute approximate surface area is 103 Å². The Bertz CT molecular complexity index is 474. The molecule has 3 heteroatoms. The van der Waals surface area contributed by atoms with Crippen LogP contribution in [0.25, 0.3) is 0 Å². The molecule has 0 aliphatic carbocycles. The molecule has 0 saturated carbocycles. The minimum Gasteiger partial charge on any atom is -0.351 e. The predicted molar refractivity (Wildman–Crippen MR) is 69.6 cm³/mol. The molecule has 2 heterocycles. The van der Waals surface area contributed by atoms with Crippen LogP contribution in [0.3, 0.4) is 0 Å². The molecule has 0 aliphatic rings. The number of nitrogens with zero attached hydrogens (tertiary/aromatic N) is 2. The standard InChI is InChI=1S/C14H19N3/c1-3-17-8-4-5-14(17)11-16-10-13-6-7-15-9-12(13)2/h4-9,16H,3,10-11H2,1-2H3. The van der Waals surface area contributed by atoms with Gasteiger partial charge in [0.05, 0.1) is 0 Å². The molecule has 0 atom stereocenters. The first-order valence-electron chi connectivity index (χ1n) is 6.05. The van der Waals surface area contributed by atoms with Crippen LogP contribution in [0.4, 0.5) is 0 Å². The van der Waals surface area contributed by atoms with Crippen molar-refractivity contribution in [2.75, 3.05) is 0 Å². The molecule has 0 amide bonds. The lowest BCUT2D eigenvalue weighted by Crippen LogP contribution is -2.16. The van der Waals surface area contributed by atoms with Gasteiger partial charge in [-0.05, 0) is 43.2 Å². The fourth-order valence-electron chi connectivity index (χ4n) is 1.94. The van der Waals surface area contributed by atoms with E-state index in [4.69, 9.17) is 0 Å². The molecule has 1 N–H and O–H groups in total. The van der Waals surface area contributed by atoms with Gasteiger partial charge in [0.2, 0.25) is 0 Å². The van der Waals surface area contributed by atoms with E-state index in [0.29, 0.717) is 0 Å². The van der Waals surface area contributed by atoms with Gasteiger partial charge in [-0.2, -0.15) is 0 Å². The predicted octanol–water partition coefficient (Wildman–Crippen LogP) is 2.50. The number of nitrogens with one attached hydrogen (secondary N) is 1. The van der Waals surface area contributed by atoms with E-state index in [1.54, 1.807) is 0 Å². The van der Waals surface area contributed by atoms with Crippen molar-refractivity contribution in [2.24, 2.45) is 0 Å². The van der Waals surface area contributed by atoms with Gasteiger partial charge in [-0.1, -0.05) is 0 Å². The lowest BCUT2D eigenvalue weighted by Gasteiger charge is -2.09. The summed E-state index contributed by atoms with van der Waals surface area (Å²) in [6.45, 7) is 7.08. The summed E-state index contributed by atoms with van der Waals surface area (Å²) in [5, 5.41) is 3.47. The van der Waals surface area contributed by atoms with E-state index in [-0.39, 0.29) is 0 Å². The second kappa shape index (κ2) is 5.64. The van der Waals surface area contributed by atoms with Gasteiger partial charge in [0.15, 0.2) is 0 Å². The average molecular weight is 229 g/mol. The number of pyridine rings is 1. The first-order valence-corrected chi connectivity index (χ1v) is 6.05. The SMILES string of the molecule is CCn1cccc1CNCc1ccncc1C. The molecule has 17 heavy (non-hydrogen) atoms. The zero-order chi connectivity index (χ0) is 12.1. The van der Waals surface area contributed by atoms with Crippen molar-refractivity contribution in [1.29, 1.82) is 0 Å². The van der Waals surface area contributed by atoms with Gasteiger partial charge in [-0.15, -0.1) is 0 Å². The lowest BCUT2D eigenvalue weighted by atomic mass is 10.1. The summed E-state index contributed by atoms with van der Waals surface area (Å²) in [5.41, 5.74) is 3.89. The van der Waals surface area contributed by atoms with Crippen LogP contribution in [0.2, 0.25) is 0 Å². The van der Waals surface area contributed by atoms with Gasteiger partial charge in [0, 0.05) is 43.9 Å². The number of hydrogen-bond donors (Lipinski definition) is 1. The van der Waals surface area contributed by atoms with Gasteiger partial charge >= 0.3 is 0 Å². The Morgan fingerprint density at radius 1 is 1.29 bits per heavy atom. The van der Waals surface area contributed by atoms with E-state index in [9.17, 15) is 0 Å². The highest BCUT2D eigenvalue weighted by molar-refractivity contribution is 5.21. The monoisotopic (exact) mass is 229 g/mol. The molecule has 0 bridgehead atoms. The van der Waals surface area contributed by atoms with Crippen molar-refractivity contribution in [3.63, 3.8) is 0 Å². The third-order valence-corrected chi connectivity index (χ3v) is 3.02. The Kier molecular flexibility index (Phi) is 3.94. The minimum absolute atomic E-state index is 0.892. The smallest absolute Gasteiger partial charge is 0.0362 e. The van der Waals surface area contributed by atoms with Crippen LogP contribution >= 0.6 is 0 Å². The fourth-order valence-corrected chi connectivity index (χ4v) is 1.94. The number of aromatic nitrogens is 2. The van der Waals surface area contributed by atoms with Crippen LogP contribution in [0, 0.1) is 6.92 Å². The molecule has 2 rings (SSSR count). The van der Waals surface area contributed by atoms with Crippen LogP contribution in [0.15, 0.2) is 36.8 Å². The lowest BCUT2D eigenvalue weighted by molar-refractivity contribution is 0.627. The van der Waals surface area contributed by atoms with E-state index in [0.717, 1.165) is 19.6 Å². The van der Waals surface area contributed by atoms with Crippen molar-refractivity contribution in [3.8, 4) is 0 Å². The van der Waals surface area contributed by atoms with Gasteiger partial charge < -0.3 is 9.88 Å². The third kappa shape index (κ3) is 2.94. The fraction of sp³-hybridized carbons (Fsp3) is 0.357. The van der Waals surface area contributed by atoms with Crippen molar-refractivity contribution in [1.82, 2.24) is 14.9 Å². The maximum atomic E-state index is 4.10. The van der Waals surface area contributed by atoms with E-state index >= 15 is 0 Å². The van der Waals surface area contributed by atoms with E-state index in [1.807, 2.05) is 12.4 Å². The topological polar surface area (TPSA) is 29.9 Å². The molecule has 0 fully saturated rings. The van der Waals surface area contributed by atoms with Crippen LogP contribution in [-0.2, 0) is 19.6 Å². The van der Waals surface area contributed by atoms with Crippen molar-refractivity contribution in [2.45, 2.75) is 33.5 Å². The molecule has 0 saturated heterocycles. The number of aryl methyl sites for hydroxylation is 2. The summed E-state index contributed by atoms with van der Waals surface area (Å²) >= 11 is 0. The van der Waals surface area contributed by atoms with Crippen LogP contribution in [0.5, 0.6) is 0 Å². The zero-order valence-electron chi connectivity index (χ0n) is 10.5. The van der Waals surface area contributed by atoms with Crippen LogP contribution < -0.4 is 5.32 Å². The molecule has 0 radical (unpaired) electrons. The molecular formula is C14H19N3. The van der Waals surface area contributed by atoms with Crippen LogP contribution in [0.1, 0.15) is 23.7 Å². The summed E-state index contributed by atoms with van der Waals surface area (Å²) in [6.07, 6.45) is 5.87. The third-order valence-electron chi connectivity index (χ3n) is 3.02. The summed E-state index contributed by atoms with van der Waals surface area (Å²) in [4.78, 5) is 4.10. The molecule has 0 aromatic carbocycles. The van der Waals surface area contributed by atoms with Crippen molar-refractivity contribution < 1.29 is 0 Å². The number of rotatable bonds is 5. The van der Waals surface area contributed by atoms with Crippen molar-refractivity contribution in [3.05, 3.63) is 53.6 Å². The molecule has 3 nitrogen and oxygen atoms in total. The highest BCUT2D eigenvalue weighted by atomic mass is 15.0. The molecule has 90 valence electrons. The van der Waals surface area contributed by atoms with E-state index < -0.39 is 0 Å². The summed E-state index contributed by atoms with van der Waals surface area (Å²) in [5.74, 6) is 0. The summed E-state index contributed by atoms with van der Waals surface area (Å²) < 4.78 is 2.26. The molecule has 0 aliphatic heterocycles. The molecule has 0 spiro atoms. The molecular weight excluding hydrogens is 210 g/mol. The molecule has 2 aromatic rings. The highest BCUT2D eigenvalue weighted by Gasteiger charge is 2.00. The molecule has 2 aromatic heterocycles. The first kappa shape index (κ1) is 11.9. The number of hydrogen-bond acceptors (Lipinski definition) is 2. The first-order chi connectivity index (χ1) is 8.31. The van der Waals surface area contributed by atoms with Gasteiger partial charge in [0.1, 0.15) is 0 Å². The average Bonchev–Trinajstić information content (AvgIpc) is 2.79. The van der Waals surface area contributed by atoms with E-state index in [2.05, 4.69) is 53.1 Å². The maximum absolute atomic E-state index is 4.10. The van der Waals surface area contributed by atoms with Gasteiger partial charge in [0.25, 0.3) is 0 Å². The zero-order valence-corrected chi connectivity index (χ0v) is 10.5. The Hall–Kier alpha value is -1.61. The Morgan fingerprint density at radius 3 is 2.94 bits per heavy atom. The second-order valence-electron chi connectivity index (χ2n) is 4.19. The minimum atomic E-state index is 0.892.